The second kappa shape index (κ2) is 5.43. The van der Waals surface area contributed by atoms with Gasteiger partial charge in [-0.25, -0.2) is 4.39 Å². The molecule has 5 rings (SSSR count). The molecule has 0 saturated heterocycles. The number of hydrogen-bond donors (Lipinski definition) is 0. The largest absolute Gasteiger partial charge is 0.363 e. The molecule has 0 amide bonds. The second-order valence-corrected chi connectivity index (χ2v) is 7.18. The van der Waals surface area contributed by atoms with Crippen molar-refractivity contribution in [3.63, 3.8) is 0 Å². The average Bonchev–Trinajstić information content (AvgIpc) is 3.28. The van der Waals surface area contributed by atoms with Crippen LogP contribution in [0.2, 0.25) is 0 Å². The van der Waals surface area contributed by atoms with Crippen LogP contribution in [0.25, 0.3) is 11.3 Å². The van der Waals surface area contributed by atoms with E-state index >= 15 is 0 Å². The lowest BCUT2D eigenvalue weighted by Gasteiger charge is -2.35. The van der Waals surface area contributed by atoms with Gasteiger partial charge in [0.1, 0.15) is 5.82 Å². The highest BCUT2D eigenvalue weighted by Gasteiger charge is 2.50. The summed E-state index contributed by atoms with van der Waals surface area (Å²) in [6.07, 6.45) is 2.22. The predicted molar refractivity (Wildman–Crippen MR) is 97.0 cm³/mol. The van der Waals surface area contributed by atoms with Crippen molar-refractivity contribution in [3.8, 4) is 17.3 Å². The first-order chi connectivity index (χ1) is 12.7. The van der Waals surface area contributed by atoms with Gasteiger partial charge in [0, 0.05) is 17.8 Å². The Bertz CT molecular complexity index is 1020. The van der Waals surface area contributed by atoms with Gasteiger partial charge in [-0.3, -0.25) is 4.68 Å². The Morgan fingerprint density at radius 3 is 2.58 bits per heavy atom. The topological polar surface area (TPSA) is 44.9 Å². The zero-order chi connectivity index (χ0) is 17.7. The SMILES string of the molecule is N#Cc1ccc(N2Cc3cc(-c4cccc(F)c4)nn3C3(CC3)C2)cc1. The van der Waals surface area contributed by atoms with E-state index in [1.165, 1.54) is 12.1 Å². The van der Waals surface area contributed by atoms with E-state index < -0.39 is 0 Å². The molecular formula is C21H17FN4. The number of fused-ring (bicyclic) bond motifs is 2. The molecule has 0 N–H and O–H groups in total. The third kappa shape index (κ3) is 2.38. The van der Waals surface area contributed by atoms with Gasteiger partial charge in [-0.05, 0) is 55.3 Å². The Balaban J connectivity index is 1.51. The molecule has 2 heterocycles. The van der Waals surface area contributed by atoms with Gasteiger partial charge >= 0.3 is 0 Å². The summed E-state index contributed by atoms with van der Waals surface area (Å²) in [5, 5.41) is 13.8. The maximum absolute atomic E-state index is 13.6. The van der Waals surface area contributed by atoms with Crippen LogP contribution in [0, 0.1) is 17.1 Å². The third-order valence-corrected chi connectivity index (χ3v) is 5.38. The van der Waals surface area contributed by atoms with E-state index in [1.54, 1.807) is 6.07 Å². The summed E-state index contributed by atoms with van der Waals surface area (Å²) < 4.78 is 15.7. The predicted octanol–water partition coefficient (Wildman–Crippen LogP) is 4.07. The molecule has 1 aliphatic heterocycles. The number of benzene rings is 2. The van der Waals surface area contributed by atoms with Crippen LogP contribution < -0.4 is 4.90 Å². The van der Waals surface area contributed by atoms with Gasteiger partial charge in [0.15, 0.2) is 0 Å². The second-order valence-electron chi connectivity index (χ2n) is 7.18. The van der Waals surface area contributed by atoms with Crippen LogP contribution in [0.3, 0.4) is 0 Å². The number of halogens is 1. The maximum Gasteiger partial charge on any atom is 0.123 e. The number of aromatic nitrogens is 2. The third-order valence-electron chi connectivity index (χ3n) is 5.38. The van der Waals surface area contributed by atoms with Gasteiger partial charge in [-0.15, -0.1) is 0 Å². The molecule has 1 spiro atoms. The fourth-order valence-corrected chi connectivity index (χ4v) is 3.85. The molecule has 0 bridgehead atoms. The molecule has 4 nitrogen and oxygen atoms in total. The standard InChI is InChI=1S/C21H17FN4/c22-17-3-1-2-16(10-17)20-11-19-13-25(14-21(8-9-21)26(19)24-20)18-6-4-15(12-23)5-7-18/h1-7,10-11H,8-9,13-14H2. The van der Waals surface area contributed by atoms with Crippen LogP contribution in [0.15, 0.2) is 54.6 Å². The highest BCUT2D eigenvalue weighted by molar-refractivity contribution is 5.60. The van der Waals surface area contributed by atoms with Crippen LogP contribution in [0.4, 0.5) is 10.1 Å². The first-order valence-electron chi connectivity index (χ1n) is 8.77. The van der Waals surface area contributed by atoms with E-state index in [4.69, 9.17) is 10.4 Å². The van der Waals surface area contributed by atoms with Gasteiger partial charge in [0.25, 0.3) is 0 Å². The molecule has 2 aromatic carbocycles. The van der Waals surface area contributed by atoms with Gasteiger partial charge < -0.3 is 4.90 Å². The number of hydrogen-bond acceptors (Lipinski definition) is 3. The van der Waals surface area contributed by atoms with Crippen LogP contribution in [-0.2, 0) is 12.1 Å². The number of anilines is 1. The Labute approximate surface area is 151 Å². The molecule has 1 fully saturated rings. The zero-order valence-corrected chi connectivity index (χ0v) is 14.2. The minimum absolute atomic E-state index is 0.0487. The molecule has 0 radical (unpaired) electrons. The van der Waals surface area contributed by atoms with E-state index in [0.29, 0.717) is 5.56 Å². The molecule has 26 heavy (non-hydrogen) atoms. The molecule has 2 aliphatic rings. The summed E-state index contributed by atoms with van der Waals surface area (Å²) in [4.78, 5) is 2.35. The smallest absolute Gasteiger partial charge is 0.123 e. The monoisotopic (exact) mass is 344 g/mol. The quantitative estimate of drug-likeness (QED) is 0.704. The fourth-order valence-electron chi connectivity index (χ4n) is 3.85. The van der Waals surface area contributed by atoms with E-state index in [0.717, 1.165) is 48.6 Å². The van der Waals surface area contributed by atoms with E-state index in [9.17, 15) is 4.39 Å². The lowest BCUT2D eigenvalue weighted by atomic mass is 10.1. The first kappa shape index (κ1) is 15.2. The number of rotatable bonds is 2. The fraction of sp³-hybridized carbons (Fsp3) is 0.238. The molecule has 0 unspecified atom stereocenters. The summed E-state index contributed by atoms with van der Waals surface area (Å²) in [6, 6.07) is 18.6. The molecule has 128 valence electrons. The Hall–Kier alpha value is -3.13. The average molecular weight is 344 g/mol. The highest BCUT2D eigenvalue weighted by Crippen LogP contribution is 2.48. The molecule has 1 saturated carbocycles. The van der Waals surface area contributed by atoms with Crippen molar-refractivity contribution in [3.05, 3.63) is 71.7 Å². The van der Waals surface area contributed by atoms with Crippen LogP contribution in [-0.4, -0.2) is 16.3 Å². The first-order valence-corrected chi connectivity index (χ1v) is 8.77. The molecular weight excluding hydrogens is 327 g/mol. The summed E-state index contributed by atoms with van der Waals surface area (Å²) in [5.74, 6) is -0.242. The van der Waals surface area contributed by atoms with E-state index in [1.807, 2.05) is 30.3 Å². The maximum atomic E-state index is 13.6. The number of nitrogens with zero attached hydrogens (tertiary/aromatic N) is 4. The molecule has 1 aliphatic carbocycles. The van der Waals surface area contributed by atoms with Gasteiger partial charge in [0.05, 0.1) is 35.1 Å². The number of nitriles is 1. The summed E-state index contributed by atoms with van der Waals surface area (Å²) in [7, 11) is 0. The van der Waals surface area contributed by atoms with Gasteiger partial charge in [0.2, 0.25) is 0 Å². The lowest BCUT2D eigenvalue weighted by Crippen LogP contribution is -2.42. The van der Waals surface area contributed by atoms with Crippen molar-refractivity contribution in [2.45, 2.75) is 24.9 Å². The van der Waals surface area contributed by atoms with Crippen molar-refractivity contribution in [2.24, 2.45) is 0 Å². The Morgan fingerprint density at radius 1 is 1.08 bits per heavy atom. The molecule has 1 aromatic heterocycles. The van der Waals surface area contributed by atoms with E-state index in [-0.39, 0.29) is 11.4 Å². The van der Waals surface area contributed by atoms with Crippen molar-refractivity contribution >= 4 is 5.69 Å². The highest BCUT2D eigenvalue weighted by atomic mass is 19.1. The Morgan fingerprint density at radius 2 is 1.88 bits per heavy atom. The van der Waals surface area contributed by atoms with Crippen molar-refractivity contribution in [1.29, 1.82) is 5.26 Å². The minimum Gasteiger partial charge on any atom is -0.363 e. The van der Waals surface area contributed by atoms with Crippen molar-refractivity contribution in [1.82, 2.24) is 9.78 Å². The Kier molecular flexibility index (Phi) is 3.17. The molecule has 0 atom stereocenters. The normalized spacial score (nSPS) is 17.0. The van der Waals surface area contributed by atoms with Crippen LogP contribution in [0.5, 0.6) is 0 Å². The van der Waals surface area contributed by atoms with Crippen molar-refractivity contribution in [2.75, 3.05) is 11.4 Å². The van der Waals surface area contributed by atoms with Gasteiger partial charge in [-0.1, -0.05) is 12.1 Å². The van der Waals surface area contributed by atoms with Crippen LogP contribution >= 0.6 is 0 Å². The van der Waals surface area contributed by atoms with Crippen LogP contribution in [0.1, 0.15) is 24.1 Å². The minimum atomic E-state index is -0.242. The lowest BCUT2D eigenvalue weighted by molar-refractivity contribution is 0.377. The van der Waals surface area contributed by atoms with Crippen molar-refractivity contribution < 1.29 is 4.39 Å². The summed E-state index contributed by atoms with van der Waals surface area (Å²) >= 11 is 0. The van der Waals surface area contributed by atoms with E-state index in [2.05, 4.69) is 21.7 Å². The summed E-state index contributed by atoms with van der Waals surface area (Å²) in [5.41, 5.74) is 4.63. The molecule has 5 heteroatoms. The zero-order valence-electron chi connectivity index (χ0n) is 14.2. The molecule has 3 aromatic rings. The summed E-state index contributed by atoms with van der Waals surface area (Å²) in [6.45, 7) is 1.67. The van der Waals surface area contributed by atoms with Gasteiger partial charge in [-0.2, -0.15) is 10.4 Å².